The zero-order chi connectivity index (χ0) is 18.5. The molecule has 0 N–H and O–H groups in total. The standard InChI is InChI=1S/C21H21N3O2/c1-23(20(25)17-8-5-7-16(15-17)12-13-22)19-11-6-14-24(21(19)26)18-9-3-2-4-10-18/h2-5,7-10,15,19H,6,11-12,14H2,1H3/t19-/m1/s1. The Morgan fingerprint density at radius 2 is 2.00 bits per heavy atom. The maximum Gasteiger partial charge on any atom is 0.254 e. The summed E-state index contributed by atoms with van der Waals surface area (Å²) in [6.07, 6.45) is 1.76. The van der Waals surface area contributed by atoms with Crippen molar-refractivity contribution in [3.63, 3.8) is 0 Å². The number of nitriles is 1. The smallest absolute Gasteiger partial charge is 0.254 e. The van der Waals surface area contributed by atoms with Crippen LogP contribution in [0.2, 0.25) is 0 Å². The summed E-state index contributed by atoms with van der Waals surface area (Å²) in [6.45, 7) is 0.666. The molecule has 2 amide bonds. The molecule has 0 aromatic heterocycles. The average molecular weight is 347 g/mol. The third-order valence-corrected chi connectivity index (χ3v) is 4.72. The fourth-order valence-electron chi connectivity index (χ4n) is 3.33. The number of carbonyl (C=O) groups excluding carboxylic acids is 2. The highest BCUT2D eigenvalue weighted by Crippen LogP contribution is 2.24. The minimum absolute atomic E-state index is 0.0496. The van der Waals surface area contributed by atoms with E-state index < -0.39 is 6.04 Å². The Kier molecular flexibility index (Phi) is 5.33. The summed E-state index contributed by atoms with van der Waals surface area (Å²) < 4.78 is 0. The predicted octanol–water partition coefficient (Wildman–Crippen LogP) is 3.02. The lowest BCUT2D eigenvalue weighted by Crippen LogP contribution is -2.53. The van der Waals surface area contributed by atoms with E-state index in [2.05, 4.69) is 6.07 Å². The lowest BCUT2D eigenvalue weighted by molar-refractivity contribution is -0.124. The second-order valence-corrected chi connectivity index (χ2v) is 6.43. The second kappa shape index (κ2) is 7.83. The molecule has 0 saturated carbocycles. The van der Waals surface area contributed by atoms with Crippen LogP contribution >= 0.6 is 0 Å². The molecule has 0 radical (unpaired) electrons. The SMILES string of the molecule is CN(C(=O)c1cccc(CC#N)c1)[C@@H]1CCCN(c2ccccc2)C1=O. The molecule has 0 spiro atoms. The molecule has 1 aliphatic heterocycles. The minimum Gasteiger partial charge on any atom is -0.330 e. The number of para-hydroxylation sites is 1. The van der Waals surface area contributed by atoms with Gasteiger partial charge in [-0.1, -0.05) is 30.3 Å². The van der Waals surface area contributed by atoms with Crippen LogP contribution in [0.5, 0.6) is 0 Å². The van der Waals surface area contributed by atoms with Crippen LogP contribution in [-0.4, -0.2) is 36.3 Å². The van der Waals surface area contributed by atoms with E-state index in [1.807, 2.05) is 36.4 Å². The number of anilines is 1. The first-order chi connectivity index (χ1) is 12.6. The molecule has 0 unspecified atom stereocenters. The van der Waals surface area contributed by atoms with Crippen molar-refractivity contribution < 1.29 is 9.59 Å². The Bertz CT molecular complexity index is 842. The van der Waals surface area contributed by atoms with Gasteiger partial charge in [0, 0.05) is 24.8 Å². The molecule has 1 saturated heterocycles. The van der Waals surface area contributed by atoms with Crippen LogP contribution in [0.3, 0.4) is 0 Å². The van der Waals surface area contributed by atoms with Gasteiger partial charge in [-0.15, -0.1) is 0 Å². The van der Waals surface area contributed by atoms with Gasteiger partial charge in [0.2, 0.25) is 5.91 Å². The molecule has 0 aliphatic carbocycles. The number of hydrogen-bond acceptors (Lipinski definition) is 3. The number of benzene rings is 2. The number of hydrogen-bond donors (Lipinski definition) is 0. The van der Waals surface area contributed by atoms with E-state index >= 15 is 0 Å². The molecular formula is C21H21N3O2. The molecule has 26 heavy (non-hydrogen) atoms. The molecule has 2 aromatic carbocycles. The summed E-state index contributed by atoms with van der Waals surface area (Å²) in [5.74, 6) is -0.246. The van der Waals surface area contributed by atoms with Gasteiger partial charge in [0.05, 0.1) is 12.5 Å². The first-order valence-electron chi connectivity index (χ1n) is 8.71. The predicted molar refractivity (Wildman–Crippen MR) is 99.7 cm³/mol. The van der Waals surface area contributed by atoms with Gasteiger partial charge in [-0.25, -0.2) is 0 Å². The van der Waals surface area contributed by atoms with Crippen LogP contribution in [0.4, 0.5) is 5.69 Å². The number of likely N-dealkylation sites (N-methyl/N-ethyl adjacent to an activating group) is 1. The van der Waals surface area contributed by atoms with Gasteiger partial charge < -0.3 is 9.80 Å². The third kappa shape index (κ3) is 3.60. The Balaban J connectivity index is 1.79. The molecule has 132 valence electrons. The zero-order valence-corrected chi connectivity index (χ0v) is 14.8. The molecule has 1 aliphatic rings. The molecular weight excluding hydrogens is 326 g/mol. The third-order valence-electron chi connectivity index (χ3n) is 4.72. The number of carbonyl (C=O) groups is 2. The number of nitrogens with zero attached hydrogens (tertiary/aromatic N) is 3. The Morgan fingerprint density at radius 1 is 1.23 bits per heavy atom. The van der Waals surface area contributed by atoms with Crippen molar-refractivity contribution in [2.45, 2.75) is 25.3 Å². The normalized spacial score (nSPS) is 16.8. The number of rotatable bonds is 4. The van der Waals surface area contributed by atoms with Gasteiger partial charge in [0.15, 0.2) is 0 Å². The summed E-state index contributed by atoms with van der Waals surface area (Å²) in [6, 6.07) is 18.2. The van der Waals surface area contributed by atoms with Crippen molar-refractivity contribution in [3.8, 4) is 6.07 Å². The fourth-order valence-corrected chi connectivity index (χ4v) is 3.33. The van der Waals surface area contributed by atoms with Crippen LogP contribution < -0.4 is 4.90 Å². The average Bonchev–Trinajstić information content (AvgIpc) is 2.68. The van der Waals surface area contributed by atoms with E-state index in [-0.39, 0.29) is 18.2 Å². The van der Waals surface area contributed by atoms with Crippen LogP contribution in [-0.2, 0) is 11.2 Å². The maximum atomic E-state index is 13.0. The molecule has 3 rings (SSSR count). The van der Waals surface area contributed by atoms with E-state index in [0.29, 0.717) is 18.5 Å². The number of amides is 2. The van der Waals surface area contributed by atoms with E-state index in [0.717, 1.165) is 17.7 Å². The molecule has 2 aromatic rings. The van der Waals surface area contributed by atoms with Crippen LogP contribution in [0.15, 0.2) is 54.6 Å². The molecule has 1 fully saturated rings. The summed E-state index contributed by atoms with van der Waals surface area (Å²) in [5, 5.41) is 8.84. The summed E-state index contributed by atoms with van der Waals surface area (Å²) in [4.78, 5) is 29.1. The first-order valence-corrected chi connectivity index (χ1v) is 8.71. The van der Waals surface area contributed by atoms with E-state index in [1.54, 1.807) is 30.1 Å². The van der Waals surface area contributed by atoms with Crippen molar-refractivity contribution >= 4 is 17.5 Å². The fraction of sp³-hybridized carbons (Fsp3) is 0.286. The highest BCUT2D eigenvalue weighted by molar-refractivity contribution is 6.02. The first kappa shape index (κ1) is 17.7. The topological polar surface area (TPSA) is 64.4 Å². The molecule has 1 atom stereocenters. The van der Waals surface area contributed by atoms with Crippen molar-refractivity contribution in [2.24, 2.45) is 0 Å². The van der Waals surface area contributed by atoms with Gasteiger partial charge in [-0.2, -0.15) is 5.26 Å². The van der Waals surface area contributed by atoms with Crippen molar-refractivity contribution in [3.05, 3.63) is 65.7 Å². The Morgan fingerprint density at radius 3 is 2.73 bits per heavy atom. The number of piperidine rings is 1. The summed E-state index contributed by atoms with van der Waals surface area (Å²) >= 11 is 0. The minimum atomic E-state index is -0.476. The molecule has 5 nitrogen and oxygen atoms in total. The largest absolute Gasteiger partial charge is 0.330 e. The van der Waals surface area contributed by atoms with Gasteiger partial charge in [0.25, 0.3) is 5.91 Å². The summed E-state index contributed by atoms with van der Waals surface area (Å²) in [7, 11) is 1.68. The van der Waals surface area contributed by atoms with Crippen molar-refractivity contribution in [2.75, 3.05) is 18.5 Å². The van der Waals surface area contributed by atoms with Crippen molar-refractivity contribution in [1.29, 1.82) is 5.26 Å². The Hall–Kier alpha value is -3.13. The molecule has 0 bridgehead atoms. The monoisotopic (exact) mass is 347 g/mol. The highest BCUT2D eigenvalue weighted by Gasteiger charge is 2.34. The van der Waals surface area contributed by atoms with Crippen LogP contribution in [0.25, 0.3) is 0 Å². The maximum absolute atomic E-state index is 13.0. The van der Waals surface area contributed by atoms with E-state index in [1.165, 1.54) is 4.90 Å². The van der Waals surface area contributed by atoms with Crippen LogP contribution in [0.1, 0.15) is 28.8 Å². The lowest BCUT2D eigenvalue weighted by atomic mass is 10.0. The van der Waals surface area contributed by atoms with Crippen LogP contribution in [0, 0.1) is 11.3 Å². The van der Waals surface area contributed by atoms with Gasteiger partial charge in [-0.05, 0) is 42.7 Å². The summed E-state index contributed by atoms with van der Waals surface area (Å²) in [5.41, 5.74) is 2.16. The van der Waals surface area contributed by atoms with Gasteiger partial charge in [-0.3, -0.25) is 9.59 Å². The quantitative estimate of drug-likeness (QED) is 0.854. The van der Waals surface area contributed by atoms with Crippen molar-refractivity contribution in [1.82, 2.24) is 4.90 Å². The molecule has 1 heterocycles. The lowest BCUT2D eigenvalue weighted by Gasteiger charge is -2.36. The van der Waals surface area contributed by atoms with E-state index in [4.69, 9.17) is 5.26 Å². The Labute approximate surface area is 153 Å². The highest BCUT2D eigenvalue weighted by atomic mass is 16.2. The van der Waals surface area contributed by atoms with E-state index in [9.17, 15) is 9.59 Å². The molecule has 5 heteroatoms. The second-order valence-electron chi connectivity index (χ2n) is 6.43. The zero-order valence-electron chi connectivity index (χ0n) is 14.8. The van der Waals surface area contributed by atoms with Gasteiger partial charge in [0.1, 0.15) is 6.04 Å². The van der Waals surface area contributed by atoms with Gasteiger partial charge >= 0.3 is 0 Å².